The van der Waals surface area contributed by atoms with Gasteiger partial charge in [0.25, 0.3) is 0 Å². The van der Waals surface area contributed by atoms with Crippen LogP contribution in [0.3, 0.4) is 0 Å². The molecule has 0 saturated carbocycles. The number of hydrogen-bond acceptors (Lipinski definition) is 3. The quantitative estimate of drug-likeness (QED) is 0.816. The summed E-state index contributed by atoms with van der Waals surface area (Å²) < 4.78 is 0. The first kappa shape index (κ1) is 11.3. The molecular weight excluding hydrogens is 200 g/mol. The maximum atomic E-state index is 9.45. The van der Waals surface area contributed by atoms with Gasteiger partial charge in [0, 0.05) is 31.0 Å². The standard InChI is InChI=1S/C13H20N2O/c1-9(10(2)16)14-12-4-5-13-11(8-12)6-7-15(13)3/h4-5,8-10,14,16H,6-7H2,1-3H3. The number of aliphatic hydroxyl groups excluding tert-OH is 1. The molecule has 3 heteroatoms. The molecule has 3 nitrogen and oxygen atoms in total. The summed E-state index contributed by atoms with van der Waals surface area (Å²) in [4.78, 5) is 2.28. The number of benzene rings is 1. The molecule has 1 aromatic carbocycles. The Balaban J connectivity index is 2.13. The fraction of sp³-hybridized carbons (Fsp3) is 0.538. The van der Waals surface area contributed by atoms with Crippen molar-refractivity contribution in [1.82, 2.24) is 0 Å². The van der Waals surface area contributed by atoms with Gasteiger partial charge in [-0.3, -0.25) is 0 Å². The highest BCUT2D eigenvalue weighted by Gasteiger charge is 2.16. The molecule has 16 heavy (non-hydrogen) atoms. The first-order valence-electron chi connectivity index (χ1n) is 5.86. The predicted octanol–water partition coefficient (Wildman–Crippen LogP) is 1.86. The van der Waals surface area contributed by atoms with E-state index in [1.54, 1.807) is 6.92 Å². The van der Waals surface area contributed by atoms with E-state index in [9.17, 15) is 5.11 Å². The third kappa shape index (κ3) is 2.14. The van der Waals surface area contributed by atoms with Gasteiger partial charge in [0.2, 0.25) is 0 Å². The van der Waals surface area contributed by atoms with Gasteiger partial charge in [0.1, 0.15) is 0 Å². The topological polar surface area (TPSA) is 35.5 Å². The lowest BCUT2D eigenvalue weighted by Crippen LogP contribution is -2.27. The highest BCUT2D eigenvalue weighted by Crippen LogP contribution is 2.29. The van der Waals surface area contributed by atoms with Crippen LogP contribution in [-0.4, -0.2) is 30.8 Å². The second-order valence-corrected chi connectivity index (χ2v) is 4.69. The molecule has 0 saturated heterocycles. The fourth-order valence-electron chi connectivity index (χ4n) is 2.04. The Morgan fingerprint density at radius 1 is 1.38 bits per heavy atom. The lowest BCUT2D eigenvalue weighted by molar-refractivity contribution is 0.178. The molecule has 2 unspecified atom stereocenters. The minimum atomic E-state index is -0.337. The van der Waals surface area contributed by atoms with E-state index in [1.165, 1.54) is 11.3 Å². The Hall–Kier alpha value is -1.22. The van der Waals surface area contributed by atoms with Crippen LogP contribution in [0.4, 0.5) is 11.4 Å². The molecule has 1 aliphatic heterocycles. The molecule has 1 heterocycles. The monoisotopic (exact) mass is 220 g/mol. The van der Waals surface area contributed by atoms with Crippen LogP contribution in [0.25, 0.3) is 0 Å². The first-order chi connectivity index (χ1) is 7.58. The van der Waals surface area contributed by atoms with Crippen molar-refractivity contribution in [1.29, 1.82) is 0 Å². The molecule has 0 bridgehead atoms. The van der Waals surface area contributed by atoms with Crippen molar-refractivity contribution in [3.05, 3.63) is 23.8 Å². The molecule has 2 atom stereocenters. The zero-order valence-electron chi connectivity index (χ0n) is 10.2. The highest BCUT2D eigenvalue weighted by molar-refractivity contribution is 5.63. The maximum absolute atomic E-state index is 9.45. The average molecular weight is 220 g/mol. The number of likely N-dealkylation sites (N-methyl/N-ethyl adjacent to an activating group) is 1. The summed E-state index contributed by atoms with van der Waals surface area (Å²) in [5.41, 5.74) is 3.82. The van der Waals surface area contributed by atoms with E-state index >= 15 is 0 Å². The van der Waals surface area contributed by atoms with Crippen LogP contribution < -0.4 is 10.2 Å². The second-order valence-electron chi connectivity index (χ2n) is 4.69. The summed E-state index contributed by atoms with van der Waals surface area (Å²) in [6.07, 6.45) is 0.778. The van der Waals surface area contributed by atoms with Gasteiger partial charge in [0.15, 0.2) is 0 Å². The Morgan fingerprint density at radius 2 is 2.12 bits per heavy atom. The number of fused-ring (bicyclic) bond motifs is 1. The summed E-state index contributed by atoms with van der Waals surface area (Å²) in [6, 6.07) is 6.51. The van der Waals surface area contributed by atoms with E-state index in [-0.39, 0.29) is 12.1 Å². The van der Waals surface area contributed by atoms with E-state index < -0.39 is 0 Å². The lowest BCUT2D eigenvalue weighted by atomic mass is 10.1. The van der Waals surface area contributed by atoms with Crippen LogP contribution in [-0.2, 0) is 6.42 Å². The van der Waals surface area contributed by atoms with Gasteiger partial charge in [0.05, 0.1) is 6.10 Å². The molecule has 2 N–H and O–H groups in total. The Morgan fingerprint density at radius 3 is 2.81 bits per heavy atom. The second kappa shape index (κ2) is 4.34. The minimum absolute atomic E-state index is 0.0807. The van der Waals surface area contributed by atoms with E-state index in [0.29, 0.717) is 0 Å². The number of rotatable bonds is 3. The number of nitrogens with one attached hydrogen (secondary N) is 1. The largest absolute Gasteiger partial charge is 0.391 e. The molecule has 0 radical (unpaired) electrons. The van der Waals surface area contributed by atoms with Crippen molar-refractivity contribution in [3.8, 4) is 0 Å². The van der Waals surface area contributed by atoms with Crippen molar-refractivity contribution in [3.63, 3.8) is 0 Å². The Kier molecular flexibility index (Phi) is 3.06. The van der Waals surface area contributed by atoms with Crippen molar-refractivity contribution >= 4 is 11.4 Å². The molecule has 0 spiro atoms. The molecule has 0 aliphatic carbocycles. The van der Waals surface area contributed by atoms with Crippen molar-refractivity contribution < 1.29 is 5.11 Å². The van der Waals surface area contributed by atoms with Crippen molar-refractivity contribution in [2.75, 3.05) is 23.8 Å². The predicted molar refractivity (Wildman–Crippen MR) is 68.2 cm³/mol. The Labute approximate surface area is 97.1 Å². The van der Waals surface area contributed by atoms with Crippen LogP contribution in [0, 0.1) is 0 Å². The van der Waals surface area contributed by atoms with Crippen LogP contribution in [0.5, 0.6) is 0 Å². The summed E-state index contributed by atoms with van der Waals surface area (Å²) in [6.45, 7) is 4.90. The van der Waals surface area contributed by atoms with Gasteiger partial charge in [-0.1, -0.05) is 0 Å². The molecular formula is C13H20N2O. The minimum Gasteiger partial charge on any atom is -0.391 e. The number of aliphatic hydroxyl groups is 1. The van der Waals surface area contributed by atoms with Crippen molar-refractivity contribution in [2.24, 2.45) is 0 Å². The van der Waals surface area contributed by atoms with Gasteiger partial charge in [-0.15, -0.1) is 0 Å². The molecule has 0 aromatic heterocycles. The Bertz CT molecular complexity index is 376. The normalized spacial score (nSPS) is 18.1. The van der Waals surface area contributed by atoms with Gasteiger partial charge in [-0.05, 0) is 44.0 Å². The maximum Gasteiger partial charge on any atom is 0.0710 e. The van der Waals surface area contributed by atoms with Crippen LogP contribution in [0.1, 0.15) is 19.4 Å². The van der Waals surface area contributed by atoms with Crippen LogP contribution >= 0.6 is 0 Å². The third-order valence-corrected chi connectivity index (χ3v) is 3.33. The molecule has 1 aromatic rings. The van der Waals surface area contributed by atoms with E-state index in [4.69, 9.17) is 0 Å². The zero-order chi connectivity index (χ0) is 11.7. The van der Waals surface area contributed by atoms with E-state index in [0.717, 1.165) is 18.7 Å². The smallest absolute Gasteiger partial charge is 0.0710 e. The fourth-order valence-corrected chi connectivity index (χ4v) is 2.04. The number of anilines is 2. The average Bonchev–Trinajstić information content (AvgIpc) is 2.60. The van der Waals surface area contributed by atoms with Gasteiger partial charge < -0.3 is 15.3 Å². The van der Waals surface area contributed by atoms with E-state index in [2.05, 4.69) is 35.5 Å². The van der Waals surface area contributed by atoms with Gasteiger partial charge >= 0.3 is 0 Å². The molecule has 88 valence electrons. The van der Waals surface area contributed by atoms with Crippen LogP contribution in [0.2, 0.25) is 0 Å². The highest BCUT2D eigenvalue weighted by atomic mass is 16.3. The summed E-state index contributed by atoms with van der Waals surface area (Å²) >= 11 is 0. The number of nitrogens with zero attached hydrogens (tertiary/aromatic N) is 1. The molecule has 2 rings (SSSR count). The summed E-state index contributed by atoms with van der Waals surface area (Å²) in [7, 11) is 2.12. The van der Waals surface area contributed by atoms with Crippen molar-refractivity contribution in [2.45, 2.75) is 32.4 Å². The van der Waals surface area contributed by atoms with E-state index in [1.807, 2.05) is 6.92 Å². The first-order valence-corrected chi connectivity index (χ1v) is 5.86. The lowest BCUT2D eigenvalue weighted by Gasteiger charge is -2.19. The third-order valence-electron chi connectivity index (χ3n) is 3.33. The summed E-state index contributed by atoms with van der Waals surface area (Å²) in [5, 5.41) is 12.8. The molecule has 1 aliphatic rings. The van der Waals surface area contributed by atoms with Gasteiger partial charge in [-0.25, -0.2) is 0 Å². The SMILES string of the molecule is CC(O)C(C)Nc1ccc2c(c1)CCN2C. The summed E-state index contributed by atoms with van der Waals surface area (Å²) in [5.74, 6) is 0. The molecule has 0 amide bonds. The van der Waals surface area contributed by atoms with Crippen LogP contribution in [0.15, 0.2) is 18.2 Å². The number of hydrogen-bond donors (Lipinski definition) is 2. The van der Waals surface area contributed by atoms with Gasteiger partial charge in [-0.2, -0.15) is 0 Å². The molecule has 0 fully saturated rings. The zero-order valence-corrected chi connectivity index (χ0v) is 10.2.